The van der Waals surface area contributed by atoms with Crippen molar-refractivity contribution >= 4 is 11.3 Å². The SMILES string of the molecule is Cc1cnc(Cn2ccc3c2CC(C)(C)CC3O)s1. The third-order valence-corrected chi connectivity index (χ3v) is 4.74. The first-order valence-electron chi connectivity index (χ1n) is 6.72. The molecule has 2 aromatic rings. The van der Waals surface area contributed by atoms with Gasteiger partial charge in [0.2, 0.25) is 0 Å². The number of aliphatic hydroxyl groups is 1. The fraction of sp³-hybridized carbons (Fsp3) is 0.533. The first-order chi connectivity index (χ1) is 8.94. The molecule has 1 atom stereocenters. The smallest absolute Gasteiger partial charge is 0.113 e. The lowest BCUT2D eigenvalue weighted by atomic mass is 9.75. The summed E-state index contributed by atoms with van der Waals surface area (Å²) in [4.78, 5) is 5.68. The fourth-order valence-corrected chi connectivity index (χ4v) is 3.74. The molecule has 1 N–H and O–H groups in total. The van der Waals surface area contributed by atoms with Crippen molar-refractivity contribution in [2.24, 2.45) is 5.41 Å². The first kappa shape index (κ1) is 12.9. The van der Waals surface area contributed by atoms with E-state index in [0.717, 1.165) is 30.0 Å². The third kappa shape index (κ3) is 2.47. The predicted octanol–water partition coefficient (Wildman–Crippen LogP) is 3.31. The number of hydrogen-bond donors (Lipinski definition) is 1. The molecule has 3 rings (SSSR count). The molecule has 1 aliphatic rings. The van der Waals surface area contributed by atoms with Crippen LogP contribution in [0, 0.1) is 12.3 Å². The van der Waals surface area contributed by atoms with Crippen molar-refractivity contribution in [3.63, 3.8) is 0 Å². The van der Waals surface area contributed by atoms with Gasteiger partial charge in [-0.1, -0.05) is 13.8 Å². The molecule has 4 heteroatoms. The molecule has 19 heavy (non-hydrogen) atoms. The Kier molecular flexibility index (Phi) is 3.02. The van der Waals surface area contributed by atoms with Gasteiger partial charge in [-0.05, 0) is 31.2 Å². The summed E-state index contributed by atoms with van der Waals surface area (Å²) in [5.41, 5.74) is 2.55. The largest absolute Gasteiger partial charge is 0.388 e. The topological polar surface area (TPSA) is 38.0 Å². The highest BCUT2D eigenvalue weighted by molar-refractivity contribution is 7.11. The molecular formula is C15H20N2OS. The van der Waals surface area contributed by atoms with Gasteiger partial charge >= 0.3 is 0 Å². The van der Waals surface area contributed by atoms with Crippen LogP contribution >= 0.6 is 11.3 Å². The molecule has 3 nitrogen and oxygen atoms in total. The molecule has 0 aromatic carbocycles. The van der Waals surface area contributed by atoms with E-state index in [-0.39, 0.29) is 11.5 Å². The highest BCUT2D eigenvalue weighted by atomic mass is 32.1. The fourth-order valence-electron chi connectivity index (χ4n) is 2.96. The Morgan fingerprint density at radius 1 is 1.53 bits per heavy atom. The number of rotatable bonds is 2. The number of aryl methyl sites for hydroxylation is 1. The summed E-state index contributed by atoms with van der Waals surface area (Å²) in [6, 6.07) is 2.07. The molecule has 0 aliphatic heterocycles. The minimum atomic E-state index is -0.321. The first-order valence-corrected chi connectivity index (χ1v) is 7.53. The normalized spacial score (nSPS) is 21.4. The Bertz CT molecular complexity index is 597. The number of fused-ring (bicyclic) bond motifs is 1. The van der Waals surface area contributed by atoms with Crippen molar-refractivity contribution in [3.8, 4) is 0 Å². The van der Waals surface area contributed by atoms with E-state index < -0.39 is 0 Å². The highest BCUT2D eigenvalue weighted by Gasteiger charge is 2.33. The van der Waals surface area contributed by atoms with Crippen molar-refractivity contribution < 1.29 is 5.11 Å². The van der Waals surface area contributed by atoms with Crippen molar-refractivity contribution in [3.05, 3.63) is 39.6 Å². The molecule has 2 aromatic heterocycles. The van der Waals surface area contributed by atoms with Crippen molar-refractivity contribution in [1.82, 2.24) is 9.55 Å². The maximum absolute atomic E-state index is 10.3. The second-order valence-corrected chi connectivity index (χ2v) is 7.59. The van der Waals surface area contributed by atoms with Gasteiger partial charge in [-0.15, -0.1) is 11.3 Å². The lowest BCUT2D eigenvalue weighted by Gasteiger charge is -2.33. The van der Waals surface area contributed by atoms with Crippen LogP contribution in [0.2, 0.25) is 0 Å². The van der Waals surface area contributed by atoms with Crippen LogP contribution in [0.5, 0.6) is 0 Å². The van der Waals surface area contributed by atoms with Crippen molar-refractivity contribution in [2.45, 2.75) is 46.3 Å². The Morgan fingerprint density at radius 3 is 3.00 bits per heavy atom. The maximum atomic E-state index is 10.3. The van der Waals surface area contributed by atoms with Gasteiger partial charge in [0, 0.05) is 28.5 Å². The van der Waals surface area contributed by atoms with E-state index in [1.54, 1.807) is 11.3 Å². The molecule has 2 heterocycles. The van der Waals surface area contributed by atoms with Crippen LogP contribution in [0.15, 0.2) is 18.5 Å². The minimum absolute atomic E-state index is 0.168. The van der Waals surface area contributed by atoms with Crippen LogP contribution in [0.1, 0.15) is 47.5 Å². The standard InChI is InChI=1S/C15H20N2OS/c1-10-8-16-14(19-10)9-17-5-4-11-12(17)6-15(2,3)7-13(11)18/h4-5,8,13,18H,6-7,9H2,1-3H3. The summed E-state index contributed by atoms with van der Waals surface area (Å²) in [7, 11) is 0. The van der Waals surface area contributed by atoms with E-state index in [1.165, 1.54) is 10.6 Å². The molecule has 1 aliphatic carbocycles. The van der Waals surface area contributed by atoms with Gasteiger partial charge in [-0.25, -0.2) is 4.98 Å². The Balaban J connectivity index is 1.92. The molecule has 0 saturated heterocycles. The van der Waals surface area contributed by atoms with E-state index in [1.807, 2.05) is 6.20 Å². The lowest BCUT2D eigenvalue weighted by Crippen LogP contribution is -2.26. The molecule has 0 amide bonds. The van der Waals surface area contributed by atoms with Crippen LogP contribution in [-0.2, 0) is 13.0 Å². The number of thiazole rings is 1. The molecular weight excluding hydrogens is 256 g/mol. The summed E-state index contributed by atoms with van der Waals surface area (Å²) in [6.45, 7) is 7.35. The average molecular weight is 276 g/mol. The lowest BCUT2D eigenvalue weighted by molar-refractivity contribution is 0.0981. The highest BCUT2D eigenvalue weighted by Crippen LogP contribution is 2.41. The van der Waals surface area contributed by atoms with Gasteiger partial charge in [0.05, 0.1) is 12.6 Å². The van der Waals surface area contributed by atoms with Crippen LogP contribution in [0.4, 0.5) is 0 Å². The Hall–Kier alpha value is -1.13. The Labute approximate surface area is 117 Å². The molecule has 0 saturated carbocycles. The monoisotopic (exact) mass is 276 g/mol. The predicted molar refractivity (Wildman–Crippen MR) is 77.4 cm³/mol. The summed E-state index contributed by atoms with van der Waals surface area (Å²) in [5, 5.41) is 11.4. The third-order valence-electron chi connectivity index (χ3n) is 3.84. The van der Waals surface area contributed by atoms with Crippen LogP contribution in [-0.4, -0.2) is 14.7 Å². The summed E-state index contributed by atoms with van der Waals surface area (Å²) >= 11 is 1.74. The zero-order valence-corrected chi connectivity index (χ0v) is 12.5. The summed E-state index contributed by atoms with van der Waals surface area (Å²) in [5.74, 6) is 0. The molecule has 0 spiro atoms. The molecule has 102 valence electrons. The number of aliphatic hydroxyl groups excluding tert-OH is 1. The molecule has 0 radical (unpaired) electrons. The van der Waals surface area contributed by atoms with Crippen LogP contribution < -0.4 is 0 Å². The van der Waals surface area contributed by atoms with Crippen LogP contribution in [0.3, 0.4) is 0 Å². The van der Waals surface area contributed by atoms with Gasteiger partial charge in [0.25, 0.3) is 0 Å². The van der Waals surface area contributed by atoms with Crippen LogP contribution in [0.25, 0.3) is 0 Å². The Morgan fingerprint density at radius 2 is 2.32 bits per heavy atom. The average Bonchev–Trinajstić information content (AvgIpc) is 2.86. The second-order valence-electron chi connectivity index (χ2n) is 6.27. The summed E-state index contributed by atoms with van der Waals surface area (Å²) < 4.78 is 2.25. The zero-order valence-electron chi connectivity index (χ0n) is 11.7. The quantitative estimate of drug-likeness (QED) is 0.914. The van der Waals surface area contributed by atoms with E-state index in [2.05, 4.69) is 42.6 Å². The van der Waals surface area contributed by atoms with E-state index in [9.17, 15) is 5.11 Å². The summed E-state index contributed by atoms with van der Waals surface area (Å²) in [6.07, 6.45) is 5.57. The second kappa shape index (κ2) is 4.46. The van der Waals surface area contributed by atoms with Gasteiger partial charge in [0.15, 0.2) is 0 Å². The van der Waals surface area contributed by atoms with Gasteiger partial charge in [-0.2, -0.15) is 0 Å². The number of nitrogens with zero attached hydrogens (tertiary/aromatic N) is 2. The zero-order chi connectivity index (χ0) is 13.6. The maximum Gasteiger partial charge on any atom is 0.113 e. The van der Waals surface area contributed by atoms with Gasteiger partial charge < -0.3 is 9.67 Å². The van der Waals surface area contributed by atoms with Crippen molar-refractivity contribution in [1.29, 1.82) is 0 Å². The minimum Gasteiger partial charge on any atom is -0.388 e. The molecule has 0 fully saturated rings. The molecule has 0 bridgehead atoms. The van der Waals surface area contributed by atoms with Gasteiger partial charge in [-0.3, -0.25) is 0 Å². The van der Waals surface area contributed by atoms with Crippen molar-refractivity contribution in [2.75, 3.05) is 0 Å². The van der Waals surface area contributed by atoms with Gasteiger partial charge in [0.1, 0.15) is 5.01 Å². The number of aromatic nitrogens is 2. The van der Waals surface area contributed by atoms with E-state index in [0.29, 0.717) is 0 Å². The molecule has 1 unspecified atom stereocenters. The van der Waals surface area contributed by atoms with E-state index >= 15 is 0 Å². The number of hydrogen-bond acceptors (Lipinski definition) is 3. The van der Waals surface area contributed by atoms with E-state index in [4.69, 9.17) is 0 Å².